The predicted molar refractivity (Wildman–Crippen MR) is 109 cm³/mol. The number of H-pyrrole nitrogens is 1. The zero-order valence-corrected chi connectivity index (χ0v) is 16.8. The zero-order valence-electron chi connectivity index (χ0n) is 16.8. The van der Waals surface area contributed by atoms with E-state index in [1.807, 2.05) is 52.0 Å². The number of aromatic amines is 1. The number of rotatable bonds is 5. The van der Waals surface area contributed by atoms with Crippen molar-refractivity contribution in [3.63, 3.8) is 0 Å². The average molecular weight is 370 g/mol. The van der Waals surface area contributed by atoms with E-state index < -0.39 is 0 Å². The van der Waals surface area contributed by atoms with Gasteiger partial charge >= 0.3 is 12.8 Å². The fourth-order valence-corrected chi connectivity index (χ4v) is 3.07. The first kappa shape index (κ1) is 19.4. The highest BCUT2D eigenvalue weighted by molar-refractivity contribution is 6.62. The molecular weight excluding hydrogens is 343 g/mol. The molecular formula is C19H27BN4O3. The summed E-state index contributed by atoms with van der Waals surface area (Å²) in [5.41, 5.74) is 1.73. The van der Waals surface area contributed by atoms with Crippen molar-refractivity contribution in [1.82, 2.24) is 9.55 Å². The summed E-state index contributed by atoms with van der Waals surface area (Å²) < 4.78 is 13.8. The second kappa shape index (κ2) is 7.01. The van der Waals surface area contributed by atoms with E-state index in [1.54, 1.807) is 24.9 Å². The number of aromatic nitrogens is 2. The monoisotopic (exact) mass is 370 g/mol. The second-order valence-electron chi connectivity index (χ2n) is 7.75. The Balaban J connectivity index is 1.81. The van der Waals surface area contributed by atoms with Crippen LogP contribution >= 0.6 is 0 Å². The van der Waals surface area contributed by atoms with E-state index in [2.05, 4.69) is 15.3 Å². The van der Waals surface area contributed by atoms with Gasteiger partial charge in [-0.3, -0.25) is 9.56 Å². The van der Waals surface area contributed by atoms with Crippen LogP contribution in [0, 0.1) is 0 Å². The summed E-state index contributed by atoms with van der Waals surface area (Å²) >= 11 is 0. The molecule has 2 aromatic rings. The van der Waals surface area contributed by atoms with Gasteiger partial charge in [0.15, 0.2) is 0 Å². The Morgan fingerprint density at radius 1 is 1.19 bits per heavy atom. The van der Waals surface area contributed by atoms with Gasteiger partial charge in [0, 0.05) is 20.3 Å². The minimum Gasteiger partial charge on any atom is -0.399 e. The number of hydrogen-bond donors (Lipinski definition) is 2. The van der Waals surface area contributed by atoms with Gasteiger partial charge in [0.05, 0.1) is 17.7 Å². The maximum Gasteiger partial charge on any atom is 0.494 e. The van der Waals surface area contributed by atoms with Crippen molar-refractivity contribution in [3.8, 4) is 0 Å². The van der Waals surface area contributed by atoms with Crippen LogP contribution in [0.4, 0.5) is 5.82 Å². The van der Waals surface area contributed by atoms with Crippen molar-refractivity contribution in [2.75, 3.05) is 19.4 Å². The van der Waals surface area contributed by atoms with E-state index in [0.29, 0.717) is 18.1 Å². The lowest BCUT2D eigenvalue weighted by Gasteiger charge is -2.32. The van der Waals surface area contributed by atoms with Gasteiger partial charge in [0.1, 0.15) is 11.5 Å². The summed E-state index contributed by atoms with van der Waals surface area (Å²) in [4.78, 5) is 19.1. The Hall–Kier alpha value is -2.32. The van der Waals surface area contributed by atoms with Crippen LogP contribution in [0.3, 0.4) is 0 Å². The number of imidazole rings is 1. The maximum absolute atomic E-state index is 12.3. The Labute approximate surface area is 159 Å². The van der Waals surface area contributed by atoms with E-state index in [4.69, 9.17) is 9.31 Å². The lowest BCUT2D eigenvalue weighted by molar-refractivity contribution is 0.00578. The third kappa shape index (κ3) is 3.59. The summed E-state index contributed by atoms with van der Waals surface area (Å²) in [7, 11) is 3.07. The molecule has 2 N–H and O–H groups in total. The minimum absolute atomic E-state index is 0.177. The van der Waals surface area contributed by atoms with Crippen molar-refractivity contribution >= 4 is 24.6 Å². The molecule has 3 rings (SSSR count). The van der Waals surface area contributed by atoms with Gasteiger partial charge in [-0.05, 0) is 38.7 Å². The zero-order chi connectivity index (χ0) is 19.8. The highest BCUT2D eigenvalue weighted by atomic mass is 16.7. The van der Waals surface area contributed by atoms with Gasteiger partial charge in [-0.15, -0.1) is 0 Å². The summed E-state index contributed by atoms with van der Waals surface area (Å²) in [6, 6.07) is 7.96. The van der Waals surface area contributed by atoms with E-state index in [1.165, 1.54) is 0 Å². The van der Waals surface area contributed by atoms with Crippen LogP contribution in [0.5, 0.6) is 0 Å². The Morgan fingerprint density at radius 2 is 1.78 bits per heavy atom. The van der Waals surface area contributed by atoms with E-state index >= 15 is 0 Å². The van der Waals surface area contributed by atoms with Crippen LogP contribution in [0.1, 0.15) is 39.0 Å². The van der Waals surface area contributed by atoms with E-state index in [9.17, 15) is 4.79 Å². The quantitative estimate of drug-likeness (QED) is 0.619. The summed E-state index contributed by atoms with van der Waals surface area (Å²) in [5, 5.41) is 3.06. The normalized spacial score (nSPS) is 18.4. The Kier molecular flexibility index (Phi) is 5.05. The molecule has 1 saturated heterocycles. The molecule has 0 spiro atoms. The van der Waals surface area contributed by atoms with Gasteiger partial charge in [-0.2, -0.15) is 0 Å². The van der Waals surface area contributed by atoms with Gasteiger partial charge in [-0.25, -0.2) is 4.79 Å². The molecule has 1 aliphatic rings. The minimum atomic E-state index is -0.390. The molecule has 0 bridgehead atoms. The molecule has 1 fully saturated rings. The molecule has 1 aliphatic heterocycles. The van der Waals surface area contributed by atoms with Crippen molar-refractivity contribution in [1.29, 1.82) is 0 Å². The van der Waals surface area contributed by atoms with Crippen molar-refractivity contribution < 1.29 is 9.31 Å². The van der Waals surface area contributed by atoms with Gasteiger partial charge in [-0.1, -0.05) is 24.3 Å². The molecule has 0 radical (unpaired) electrons. The first-order valence-electron chi connectivity index (χ1n) is 9.05. The smallest absolute Gasteiger partial charge is 0.399 e. The third-order valence-corrected chi connectivity index (χ3v) is 5.35. The summed E-state index contributed by atoms with van der Waals surface area (Å²) in [6.45, 7) is 8.60. The van der Waals surface area contributed by atoms with Crippen LogP contribution in [-0.4, -0.2) is 48.2 Å². The molecule has 7 nitrogen and oxygen atoms in total. The molecule has 0 unspecified atom stereocenters. The topological polar surface area (TPSA) is 80.6 Å². The van der Waals surface area contributed by atoms with Crippen LogP contribution in [0.15, 0.2) is 34.1 Å². The SMILES string of the molecule is C/N=C\c1[nH]c(=O)n(Cc2ccc(B3OC(C)(C)C(C)(C)O3)cc2)c1NC. The van der Waals surface area contributed by atoms with E-state index in [-0.39, 0.29) is 24.0 Å². The summed E-state index contributed by atoms with van der Waals surface area (Å²) in [6.07, 6.45) is 1.63. The first-order chi connectivity index (χ1) is 12.7. The van der Waals surface area contributed by atoms with Crippen LogP contribution < -0.4 is 16.5 Å². The molecule has 8 heteroatoms. The summed E-state index contributed by atoms with van der Waals surface area (Å²) in [5.74, 6) is 0.709. The highest BCUT2D eigenvalue weighted by Gasteiger charge is 2.51. The molecule has 2 heterocycles. The molecule has 1 aromatic heterocycles. The number of nitrogens with one attached hydrogen (secondary N) is 2. The second-order valence-corrected chi connectivity index (χ2v) is 7.75. The van der Waals surface area contributed by atoms with E-state index in [0.717, 1.165) is 11.0 Å². The first-order valence-corrected chi connectivity index (χ1v) is 9.05. The lowest BCUT2D eigenvalue weighted by atomic mass is 9.79. The van der Waals surface area contributed by atoms with Crippen LogP contribution in [0.2, 0.25) is 0 Å². The average Bonchev–Trinajstić information content (AvgIpc) is 3.01. The molecule has 27 heavy (non-hydrogen) atoms. The van der Waals surface area contributed by atoms with Gasteiger partial charge in [0.25, 0.3) is 0 Å². The molecule has 144 valence electrons. The molecule has 0 aliphatic carbocycles. The maximum atomic E-state index is 12.3. The molecule has 0 atom stereocenters. The number of aliphatic imine (C=N–C) groups is 1. The standard InChI is InChI=1S/C19H27BN4O3/c1-18(2)19(3,4)27-20(26-18)14-9-7-13(8-10-14)12-24-16(22-6)15(11-21-5)23-17(24)25/h7-11,22H,12H2,1-6H3,(H,23,25)/b21-11-. The number of hydrogen-bond acceptors (Lipinski definition) is 5. The number of anilines is 1. The fraction of sp³-hybridized carbons (Fsp3) is 0.474. The Bertz CT molecular complexity index is 881. The molecule has 0 amide bonds. The fourth-order valence-electron chi connectivity index (χ4n) is 3.07. The van der Waals surface area contributed by atoms with Crippen LogP contribution in [-0.2, 0) is 15.9 Å². The van der Waals surface area contributed by atoms with Gasteiger partial charge < -0.3 is 19.6 Å². The predicted octanol–water partition coefficient (Wildman–Crippen LogP) is 1.61. The van der Waals surface area contributed by atoms with Crippen molar-refractivity contribution in [2.24, 2.45) is 4.99 Å². The molecule has 0 saturated carbocycles. The third-order valence-electron chi connectivity index (χ3n) is 5.35. The Morgan fingerprint density at radius 3 is 2.30 bits per heavy atom. The van der Waals surface area contributed by atoms with Crippen molar-refractivity contribution in [3.05, 3.63) is 46.0 Å². The van der Waals surface area contributed by atoms with Crippen LogP contribution in [0.25, 0.3) is 0 Å². The van der Waals surface area contributed by atoms with Crippen molar-refractivity contribution in [2.45, 2.75) is 45.4 Å². The lowest BCUT2D eigenvalue weighted by Crippen LogP contribution is -2.41. The highest BCUT2D eigenvalue weighted by Crippen LogP contribution is 2.36. The largest absolute Gasteiger partial charge is 0.494 e. The number of benzene rings is 1. The molecule has 1 aromatic carbocycles. The van der Waals surface area contributed by atoms with Gasteiger partial charge in [0.2, 0.25) is 0 Å². The number of nitrogens with zero attached hydrogens (tertiary/aromatic N) is 2.